The zero-order valence-corrected chi connectivity index (χ0v) is 7.10. The molecule has 12 heavy (non-hydrogen) atoms. The van der Waals surface area contributed by atoms with Crippen molar-refractivity contribution >= 4 is 18.8 Å². The van der Waals surface area contributed by atoms with E-state index in [9.17, 15) is 9.18 Å². The average molecular weight is 167 g/mol. The lowest BCUT2D eigenvalue weighted by Gasteiger charge is -1.98. The molecule has 0 aliphatic rings. The van der Waals surface area contributed by atoms with E-state index in [0.717, 1.165) is 0 Å². The predicted molar refractivity (Wildman–Crippen MR) is 45.8 cm³/mol. The first-order valence-corrected chi connectivity index (χ1v) is 3.56. The molecule has 3 heteroatoms. The van der Waals surface area contributed by atoms with Gasteiger partial charge in [0.2, 0.25) is 5.91 Å². The summed E-state index contributed by atoms with van der Waals surface area (Å²) in [5.41, 5.74) is 0.705. The van der Waals surface area contributed by atoms with Crippen molar-refractivity contribution in [3.05, 3.63) is 22.3 Å². The Morgan fingerprint density at radius 3 is 2.58 bits per heavy atom. The fraction of sp³-hybridized carbons (Fsp3) is 0.222. The molecule has 0 radical (unpaired) electrons. The Morgan fingerprint density at radius 2 is 2.33 bits per heavy atom. The summed E-state index contributed by atoms with van der Waals surface area (Å²) in [6.07, 6.45) is 0.453. The molecule has 0 saturated heterocycles. The van der Waals surface area contributed by atoms with Crippen LogP contribution >= 0.6 is 0 Å². The Morgan fingerprint density at radius 1 is 1.75 bits per heavy atom. The summed E-state index contributed by atoms with van der Waals surface area (Å²) in [7, 11) is 0. The summed E-state index contributed by atoms with van der Waals surface area (Å²) in [6, 6.07) is 1.59. The minimum atomic E-state index is -0.148. The van der Waals surface area contributed by atoms with E-state index in [0.29, 0.717) is 22.6 Å². The maximum atomic E-state index is 12.2. The Balaban J connectivity index is 3.61. The smallest absolute Gasteiger partial charge is 0.228 e. The van der Waals surface area contributed by atoms with Gasteiger partial charge in [-0.3, -0.25) is 9.36 Å². The van der Waals surface area contributed by atoms with Gasteiger partial charge in [-0.05, 0) is 13.0 Å². The minimum absolute atomic E-state index is 0.148. The number of carbonyl (C=O) groups excluding carboxylic acids is 1. The molecule has 0 unspecified atom stereocenters. The van der Waals surface area contributed by atoms with Crippen molar-refractivity contribution in [2.24, 2.45) is 0 Å². The van der Waals surface area contributed by atoms with Gasteiger partial charge in [-0.15, -0.1) is 0 Å². The third kappa shape index (κ3) is 1.18. The van der Waals surface area contributed by atoms with Crippen LogP contribution in [0.15, 0.2) is 6.07 Å². The molecule has 2 nitrogen and oxygen atoms in total. The molecule has 64 valence electrons. The highest BCUT2D eigenvalue weighted by atomic mass is 19.1. The first kappa shape index (κ1) is 8.71. The molecule has 1 rings (SSSR count). The molecule has 1 aromatic rings. The van der Waals surface area contributed by atoms with Crippen molar-refractivity contribution in [1.82, 2.24) is 4.57 Å². The van der Waals surface area contributed by atoms with Gasteiger partial charge < -0.3 is 0 Å². The van der Waals surface area contributed by atoms with Crippen molar-refractivity contribution in [3.8, 4) is 0 Å². The second kappa shape index (κ2) is 2.93. The standard InChI is InChI=1S/C9H10FNO/c1-6-4-9(5-10)7(2)11(6)8(3)12/h4-5H,2H2,1,3H3/b9-5+. The van der Waals surface area contributed by atoms with Gasteiger partial charge in [-0.25, -0.2) is 4.39 Å². The highest BCUT2D eigenvalue weighted by Gasteiger charge is 2.03. The number of aromatic nitrogens is 1. The maximum absolute atomic E-state index is 12.2. The summed E-state index contributed by atoms with van der Waals surface area (Å²) < 4.78 is 13.5. The van der Waals surface area contributed by atoms with E-state index in [1.807, 2.05) is 0 Å². The summed E-state index contributed by atoms with van der Waals surface area (Å²) in [5, 5.41) is 0.769. The van der Waals surface area contributed by atoms with Crippen LogP contribution in [-0.2, 0) is 0 Å². The van der Waals surface area contributed by atoms with Crippen LogP contribution in [0.2, 0.25) is 0 Å². The van der Waals surface area contributed by atoms with E-state index in [4.69, 9.17) is 0 Å². The topological polar surface area (TPSA) is 22.0 Å². The molecule has 0 amide bonds. The normalized spacial score (nSPS) is 12.1. The number of hydrogen-bond acceptors (Lipinski definition) is 1. The number of nitrogens with zero attached hydrogens (tertiary/aromatic N) is 1. The van der Waals surface area contributed by atoms with E-state index in [-0.39, 0.29) is 5.91 Å². The van der Waals surface area contributed by atoms with Gasteiger partial charge in [0.15, 0.2) is 0 Å². The molecule has 0 aliphatic heterocycles. The van der Waals surface area contributed by atoms with Crippen molar-refractivity contribution < 1.29 is 9.18 Å². The molecular formula is C9H10FNO. The fourth-order valence-corrected chi connectivity index (χ4v) is 1.25. The number of carbonyl (C=O) groups is 1. The third-order valence-electron chi connectivity index (χ3n) is 1.75. The van der Waals surface area contributed by atoms with E-state index in [2.05, 4.69) is 6.58 Å². The quantitative estimate of drug-likeness (QED) is 0.554. The molecule has 0 spiro atoms. The summed E-state index contributed by atoms with van der Waals surface area (Å²) in [4.78, 5) is 11.0. The van der Waals surface area contributed by atoms with Gasteiger partial charge >= 0.3 is 0 Å². The summed E-state index contributed by atoms with van der Waals surface area (Å²) in [6.45, 7) is 6.76. The monoisotopic (exact) mass is 167 g/mol. The summed E-state index contributed by atoms with van der Waals surface area (Å²) in [5.74, 6) is -0.148. The van der Waals surface area contributed by atoms with Gasteiger partial charge in [0.1, 0.15) is 0 Å². The van der Waals surface area contributed by atoms with Crippen LogP contribution in [0.1, 0.15) is 17.4 Å². The minimum Gasteiger partial charge on any atom is -0.285 e. The lowest BCUT2D eigenvalue weighted by molar-refractivity contribution is 0.0932. The molecule has 0 saturated carbocycles. The highest BCUT2D eigenvalue weighted by molar-refractivity contribution is 5.77. The second-order valence-corrected chi connectivity index (χ2v) is 2.65. The lowest BCUT2D eigenvalue weighted by Crippen LogP contribution is -2.30. The molecule has 1 heterocycles. The van der Waals surface area contributed by atoms with Crippen molar-refractivity contribution in [3.63, 3.8) is 0 Å². The number of rotatable bonds is 0. The second-order valence-electron chi connectivity index (χ2n) is 2.65. The van der Waals surface area contributed by atoms with E-state index in [1.54, 1.807) is 13.0 Å². The van der Waals surface area contributed by atoms with E-state index < -0.39 is 0 Å². The van der Waals surface area contributed by atoms with Crippen molar-refractivity contribution in [2.45, 2.75) is 13.8 Å². The van der Waals surface area contributed by atoms with E-state index >= 15 is 0 Å². The lowest BCUT2D eigenvalue weighted by atomic mass is 10.4. The van der Waals surface area contributed by atoms with Crippen LogP contribution in [0.4, 0.5) is 4.39 Å². The van der Waals surface area contributed by atoms with Crippen molar-refractivity contribution in [1.29, 1.82) is 0 Å². The third-order valence-corrected chi connectivity index (χ3v) is 1.75. The van der Waals surface area contributed by atoms with Crippen LogP contribution in [0.5, 0.6) is 0 Å². The number of hydrogen-bond donors (Lipinski definition) is 0. The first-order valence-electron chi connectivity index (χ1n) is 3.56. The number of halogens is 1. The highest BCUT2D eigenvalue weighted by Crippen LogP contribution is 1.89. The van der Waals surface area contributed by atoms with E-state index in [1.165, 1.54) is 11.5 Å². The molecule has 0 fully saturated rings. The molecule has 0 aromatic carbocycles. The van der Waals surface area contributed by atoms with Crippen LogP contribution < -0.4 is 10.6 Å². The molecule has 0 bridgehead atoms. The average Bonchev–Trinajstić information content (AvgIpc) is 2.25. The Bertz CT molecular complexity index is 416. The van der Waals surface area contributed by atoms with Gasteiger partial charge in [0.25, 0.3) is 0 Å². The van der Waals surface area contributed by atoms with Crippen LogP contribution in [0, 0.1) is 6.92 Å². The Labute approximate surface area is 69.6 Å². The molecule has 0 N–H and O–H groups in total. The molecule has 0 aliphatic carbocycles. The fourth-order valence-electron chi connectivity index (χ4n) is 1.25. The van der Waals surface area contributed by atoms with Crippen LogP contribution in [0.3, 0.4) is 0 Å². The van der Waals surface area contributed by atoms with Gasteiger partial charge in [-0.1, -0.05) is 6.58 Å². The Kier molecular flexibility index (Phi) is 2.13. The summed E-state index contributed by atoms with van der Waals surface area (Å²) >= 11 is 0. The maximum Gasteiger partial charge on any atom is 0.228 e. The molecular weight excluding hydrogens is 157 g/mol. The molecule has 0 atom stereocenters. The van der Waals surface area contributed by atoms with Crippen LogP contribution in [-0.4, -0.2) is 10.5 Å². The first-order chi connectivity index (χ1) is 5.57. The van der Waals surface area contributed by atoms with Gasteiger partial charge in [0, 0.05) is 17.8 Å². The number of aryl methyl sites for hydroxylation is 1. The van der Waals surface area contributed by atoms with Gasteiger partial charge in [0.05, 0.1) is 11.7 Å². The van der Waals surface area contributed by atoms with Crippen molar-refractivity contribution in [2.75, 3.05) is 0 Å². The zero-order chi connectivity index (χ0) is 9.30. The zero-order valence-electron chi connectivity index (χ0n) is 7.10. The SMILES string of the molecule is C=c1/c(=C/F)cc(C)n1C(C)=O. The van der Waals surface area contributed by atoms with Crippen LogP contribution in [0.25, 0.3) is 12.9 Å². The van der Waals surface area contributed by atoms with Gasteiger partial charge in [-0.2, -0.15) is 0 Å². The molecule has 1 aromatic heterocycles. The Hall–Kier alpha value is -1.38. The largest absolute Gasteiger partial charge is 0.285 e. The predicted octanol–water partition coefficient (Wildman–Crippen LogP) is 0.574.